The van der Waals surface area contributed by atoms with Gasteiger partial charge in [0.1, 0.15) is 0 Å². The van der Waals surface area contributed by atoms with Crippen LogP contribution in [0.15, 0.2) is 53.4 Å². The van der Waals surface area contributed by atoms with Gasteiger partial charge in [-0.2, -0.15) is 0 Å². The van der Waals surface area contributed by atoms with Gasteiger partial charge in [-0.05, 0) is 48.2 Å². The second kappa shape index (κ2) is 5.85. The fraction of sp³-hybridized carbons (Fsp3) is 0.176. The molecule has 1 amide bonds. The minimum atomic E-state index is -0.842. The molecule has 112 valence electrons. The average Bonchev–Trinajstić information content (AvgIpc) is 2.84. The Bertz CT molecular complexity index is 727. The van der Waals surface area contributed by atoms with E-state index in [0.29, 0.717) is 6.54 Å². The van der Waals surface area contributed by atoms with E-state index in [1.165, 1.54) is 11.9 Å². The Balaban J connectivity index is 1.73. The molecule has 0 aromatic heterocycles. The molecule has 1 unspecified atom stereocenters. The molecular weight excluding hydrogens is 298 g/mol. The van der Waals surface area contributed by atoms with E-state index >= 15 is 0 Å². The van der Waals surface area contributed by atoms with Gasteiger partial charge in [-0.3, -0.25) is 13.9 Å². The quantitative estimate of drug-likeness (QED) is 0.877. The summed E-state index contributed by atoms with van der Waals surface area (Å²) < 4.78 is 1.72. The maximum Gasteiger partial charge on any atom is 0.310 e. The number of nitrogens with zero attached hydrogens (tertiary/aromatic N) is 1. The van der Waals surface area contributed by atoms with Crippen LogP contribution in [0.1, 0.15) is 34.3 Å². The molecule has 5 heteroatoms. The molecule has 1 aliphatic rings. The molecule has 0 fully saturated rings. The van der Waals surface area contributed by atoms with E-state index in [9.17, 15) is 9.59 Å². The summed E-state index contributed by atoms with van der Waals surface area (Å²) in [5, 5.41) is 9.01. The molecule has 1 atom stereocenters. The summed E-state index contributed by atoms with van der Waals surface area (Å²) in [5.74, 6) is -1.36. The SMILES string of the molecule is CC(C(=O)O)c1ccc(SN2Cc3ccccc3C2=O)cc1. The van der Waals surface area contributed by atoms with Crippen molar-refractivity contribution in [1.29, 1.82) is 0 Å². The van der Waals surface area contributed by atoms with E-state index < -0.39 is 11.9 Å². The van der Waals surface area contributed by atoms with Crippen molar-refractivity contribution in [2.75, 3.05) is 0 Å². The molecule has 2 aromatic rings. The third-order valence-corrected chi connectivity index (χ3v) is 4.75. The number of rotatable bonds is 4. The van der Waals surface area contributed by atoms with Gasteiger partial charge in [0.15, 0.2) is 0 Å². The van der Waals surface area contributed by atoms with Gasteiger partial charge in [-0.25, -0.2) is 0 Å². The molecule has 0 saturated carbocycles. The summed E-state index contributed by atoms with van der Waals surface area (Å²) in [7, 11) is 0. The van der Waals surface area contributed by atoms with Gasteiger partial charge in [0.2, 0.25) is 0 Å². The normalized spacial score (nSPS) is 14.8. The second-order valence-corrected chi connectivity index (χ2v) is 6.31. The predicted octanol–water partition coefficient (Wildman–Crippen LogP) is 3.54. The number of fused-ring (bicyclic) bond motifs is 1. The number of carbonyl (C=O) groups is 2. The Morgan fingerprint density at radius 2 is 1.86 bits per heavy atom. The summed E-state index contributed by atoms with van der Waals surface area (Å²) in [6.45, 7) is 2.25. The van der Waals surface area contributed by atoms with Crippen LogP contribution >= 0.6 is 11.9 Å². The van der Waals surface area contributed by atoms with Crippen LogP contribution in [0.3, 0.4) is 0 Å². The summed E-state index contributed by atoms with van der Waals surface area (Å²) in [4.78, 5) is 24.2. The summed E-state index contributed by atoms with van der Waals surface area (Å²) in [5.41, 5.74) is 2.55. The van der Waals surface area contributed by atoms with Crippen LogP contribution in [0.5, 0.6) is 0 Å². The number of hydrogen-bond donors (Lipinski definition) is 1. The highest BCUT2D eigenvalue weighted by molar-refractivity contribution is 7.97. The molecule has 0 aliphatic carbocycles. The van der Waals surface area contributed by atoms with Gasteiger partial charge >= 0.3 is 5.97 Å². The van der Waals surface area contributed by atoms with Crippen molar-refractivity contribution in [3.8, 4) is 0 Å². The van der Waals surface area contributed by atoms with Crippen molar-refractivity contribution in [1.82, 2.24) is 4.31 Å². The molecule has 0 spiro atoms. The molecule has 0 radical (unpaired) electrons. The number of carboxylic acids is 1. The fourth-order valence-corrected chi connectivity index (χ4v) is 3.29. The highest BCUT2D eigenvalue weighted by atomic mass is 32.2. The van der Waals surface area contributed by atoms with Crippen molar-refractivity contribution in [3.05, 3.63) is 65.2 Å². The van der Waals surface area contributed by atoms with E-state index in [0.717, 1.165) is 21.6 Å². The van der Waals surface area contributed by atoms with Crippen LogP contribution < -0.4 is 0 Å². The van der Waals surface area contributed by atoms with E-state index in [2.05, 4.69) is 0 Å². The van der Waals surface area contributed by atoms with Crippen LogP contribution in [0.25, 0.3) is 0 Å². The first-order valence-electron chi connectivity index (χ1n) is 6.97. The topological polar surface area (TPSA) is 57.6 Å². The maximum atomic E-state index is 12.3. The summed E-state index contributed by atoms with van der Waals surface area (Å²) >= 11 is 1.38. The minimum absolute atomic E-state index is 0.0172. The maximum absolute atomic E-state index is 12.3. The Morgan fingerprint density at radius 1 is 1.18 bits per heavy atom. The van der Waals surface area contributed by atoms with Crippen molar-refractivity contribution in [3.63, 3.8) is 0 Å². The number of carboxylic acid groups (broad SMARTS) is 1. The van der Waals surface area contributed by atoms with Gasteiger partial charge in [-0.1, -0.05) is 30.3 Å². The fourth-order valence-electron chi connectivity index (χ4n) is 2.39. The third-order valence-electron chi connectivity index (χ3n) is 3.75. The van der Waals surface area contributed by atoms with E-state index in [1.54, 1.807) is 23.4 Å². The molecule has 4 nitrogen and oxygen atoms in total. The highest BCUT2D eigenvalue weighted by Crippen LogP contribution is 2.33. The first-order chi connectivity index (χ1) is 10.6. The van der Waals surface area contributed by atoms with Crippen LogP contribution in [0.2, 0.25) is 0 Å². The van der Waals surface area contributed by atoms with Gasteiger partial charge in [-0.15, -0.1) is 0 Å². The van der Waals surface area contributed by atoms with Gasteiger partial charge < -0.3 is 5.11 Å². The predicted molar refractivity (Wildman–Crippen MR) is 84.7 cm³/mol. The Labute approximate surface area is 132 Å². The van der Waals surface area contributed by atoms with Crippen LogP contribution in [-0.2, 0) is 11.3 Å². The molecule has 1 heterocycles. The zero-order chi connectivity index (χ0) is 15.7. The summed E-state index contributed by atoms with van der Waals surface area (Å²) in [6, 6.07) is 14.9. The number of aliphatic carboxylic acids is 1. The highest BCUT2D eigenvalue weighted by Gasteiger charge is 2.27. The molecule has 22 heavy (non-hydrogen) atoms. The number of hydrogen-bond acceptors (Lipinski definition) is 3. The first-order valence-corrected chi connectivity index (χ1v) is 7.74. The monoisotopic (exact) mass is 313 g/mol. The second-order valence-electron chi connectivity index (χ2n) is 5.22. The number of carbonyl (C=O) groups excluding carboxylic acids is 1. The molecule has 1 aliphatic heterocycles. The lowest BCUT2D eigenvalue weighted by Crippen LogP contribution is -2.15. The molecule has 2 aromatic carbocycles. The number of amides is 1. The van der Waals surface area contributed by atoms with Crippen molar-refractivity contribution >= 4 is 23.8 Å². The third kappa shape index (κ3) is 2.72. The molecule has 1 N–H and O–H groups in total. The van der Waals surface area contributed by atoms with Gasteiger partial charge in [0, 0.05) is 10.5 Å². The Kier molecular flexibility index (Phi) is 3.90. The van der Waals surface area contributed by atoms with Crippen LogP contribution in [-0.4, -0.2) is 21.3 Å². The lowest BCUT2D eigenvalue weighted by atomic mass is 10.0. The first kappa shape index (κ1) is 14.7. The summed E-state index contributed by atoms with van der Waals surface area (Å²) in [6.07, 6.45) is 0. The minimum Gasteiger partial charge on any atom is -0.481 e. The zero-order valence-electron chi connectivity index (χ0n) is 12.0. The smallest absolute Gasteiger partial charge is 0.310 e. The zero-order valence-corrected chi connectivity index (χ0v) is 12.8. The molecule has 0 bridgehead atoms. The van der Waals surface area contributed by atoms with Crippen molar-refractivity contribution in [2.45, 2.75) is 24.3 Å². The van der Waals surface area contributed by atoms with Gasteiger partial charge in [0.25, 0.3) is 5.91 Å². The van der Waals surface area contributed by atoms with Gasteiger partial charge in [0.05, 0.1) is 12.5 Å². The van der Waals surface area contributed by atoms with E-state index in [1.807, 2.05) is 36.4 Å². The lowest BCUT2D eigenvalue weighted by molar-refractivity contribution is -0.138. The average molecular weight is 313 g/mol. The molecular formula is C17H15NO3S. The largest absolute Gasteiger partial charge is 0.481 e. The van der Waals surface area contributed by atoms with Crippen LogP contribution in [0, 0.1) is 0 Å². The standard InChI is InChI=1S/C17H15NO3S/c1-11(17(20)21)12-6-8-14(9-7-12)22-18-10-13-4-2-3-5-15(13)16(18)19/h2-9,11H,10H2,1H3,(H,20,21). The lowest BCUT2D eigenvalue weighted by Gasteiger charge is -2.14. The van der Waals surface area contributed by atoms with E-state index in [-0.39, 0.29) is 5.91 Å². The van der Waals surface area contributed by atoms with E-state index in [4.69, 9.17) is 5.11 Å². The number of benzene rings is 2. The Hall–Kier alpha value is -2.27. The van der Waals surface area contributed by atoms with Crippen molar-refractivity contribution < 1.29 is 14.7 Å². The molecule has 0 saturated heterocycles. The Morgan fingerprint density at radius 3 is 2.50 bits per heavy atom. The van der Waals surface area contributed by atoms with Crippen LogP contribution in [0.4, 0.5) is 0 Å². The van der Waals surface area contributed by atoms with Crippen molar-refractivity contribution in [2.24, 2.45) is 0 Å². The molecule has 3 rings (SSSR count).